The molecular formula is C9H10FNS. The Labute approximate surface area is 75.5 Å². The number of nitrogens with two attached hydrogens (primary N) is 1. The number of thioether (sulfide) groups is 1. The van der Waals surface area contributed by atoms with E-state index in [-0.39, 0.29) is 5.82 Å². The fourth-order valence-corrected chi connectivity index (χ4v) is 1.55. The average Bonchev–Trinajstić information content (AvgIpc) is 1.99. The number of halogens is 1. The van der Waals surface area contributed by atoms with Crippen molar-refractivity contribution < 1.29 is 4.39 Å². The molecule has 12 heavy (non-hydrogen) atoms. The van der Waals surface area contributed by atoms with E-state index in [1.165, 1.54) is 23.9 Å². The molecule has 64 valence electrons. The van der Waals surface area contributed by atoms with Gasteiger partial charge in [0.05, 0.1) is 0 Å². The smallest absolute Gasteiger partial charge is 0.126 e. The number of anilines is 1. The summed E-state index contributed by atoms with van der Waals surface area (Å²) in [4.78, 5) is 0.840. The number of nitrogen functional groups attached to an aromatic ring is 1. The highest BCUT2D eigenvalue weighted by molar-refractivity contribution is 7.99. The molecule has 1 nitrogen and oxygen atoms in total. The van der Waals surface area contributed by atoms with Crippen LogP contribution in [0, 0.1) is 5.82 Å². The van der Waals surface area contributed by atoms with Crippen molar-refractivity contribution >= 4 is 17.4 Å². The van der Waals surface area contributed by atoms with Crippen LogP contribution < -0.4 is 5.73 Å². The van der Waals surface area contributed by atoms with Gasteiger partial charge in [0.15, 0.2) is 0 Å². The molecule has 1 aromatic carbocycles. The van der Waals surface area contributed by atoms with E-state index in [0.717, 1.165) is 10.6 Å². The molecule has 0 radical (unpaired) electrons. The second-order valence-electron chi connectivity index (χ2n) is 2.32. The van der Waals surface area contributed by atoms with Gasteiger partial charge in [0.1, 0.15) is 5.82 Å². The van der Waals surface area contributed by atoms with Gasteiger partial charge in [-0.15, -0.1) is 18.3 Å². The van der Waals surface area contributed by atoms with E-state index in [4.69, 9.17) is 5.73 Å². The molecule has 0 aliphatic rings. The lowest BCUT2D eigenvalue weighted by molar-refractivity contribution is 0.625. The molecular weight excluding hydrogens is 173 g/mol. The van der Waals surface area contributed by atoms with E-state index in [9.17, 15) is 4.39 Å². The average molecular weight is 183 g/mol. The summed E-state index contributed by atoms with van der Waals surface area (Å²) < 4.78 is 12.7. The van der Waals surface area contributed by atoms with E-state index in [0.29, 0.717) is 5.69 Å². The monoisotopic (exact) mass is 183 g/mol. The van der Waals surface area contributed by atoms with E-state index in [1.54, 1.807) is 12.1 Å². The normalized spacial score (nSPS) is 9.75. The van der Waals surface area contributed by atoms with Crippen molar-refractivity contribution in [3.63, 3.8) is 0 Å². The summed E-state index contributed by atoms with van der Waals surface area (Å²) in [5.41, 5.74) is 5.91. The number of benzene rings is 1. The van der Waals surface area contributed by atoms with Crippen LogP contribution in [0.3, 0.4) is 0 Å². The van der Waals surface area contributed by atoms with Gasteiger partial charge >= 0.3 is 0 Å². The maximum atomic E-state index is 12.7. The molecule has 0 heterocycles. The van der Waals surface area contributed by atoms with Crippen molar-refractivity contribution in [1.29, 1.82) is 0 Å². The van der Waals surface area contributed by atoms with E-state index >= 15 is 0 Å². The van der Waals surface area contributed by atoms with Gasteiger partial charge in [0.25, 0.3) is 0 Å². The number of rotatable bonds is 3. The minimum atomic E-state index is -0.290. The van der Waals surface area contributed by atoms with Crippen molar-refractivity contribution in [3.05, 3.63) is 36.7 Å². The van der Waals surface area contributed by atoms with Crippen molar-refractivity contribution in [2.45, 2.75) is 4.90 Å². The standard InChI is InChI=1S/C9H10FNS/c1-2-3-12-9-5-7(10)4-8(11)6-9/h2,4-6H,1,3,11H2. The summed E-state index contributed by atoms with van der Waals surface area (Å²) in [5.74, 6) is 0.477. The van der Waals surface area contributed by atoms with Gasteiger partial charge in [-0.3, -0.25) is 0 Å². The predicted molar refractivity (Wildman–Crippen MR) is 51.7 cm³/mol. The second-order valence-corrected chi connectivity index (χ2v) is 3.41. The highest BCUT2D eigenvalue weighted by atomic mass is 32.2. The SMILES string of the molecule is C=CCSc1cc(N)cc(F)c1. The van der Waals surface area contributed by atoms with Crippen LogP contribution in [0.2, 0.25) is 0 Å². The molecule has 0 atom stereocenters. The Morgan fingerprint density at radius 1 is 1.50 bits per heavy atom. The van der Waals surface area contributed by atoms with Crippen molar-refractivity contribution in [3.8, 4) is 0 Å². The summed E-state index contributed by atoms with van der Waals surface area (Å²) in [6.07, 6.45) is 1.77. The molecule has 3 heteroatoms. The van der Waals surface area contributed by atoms with E-state index in [2.05, 4.69) is 6.58 Å². The molecule has 0 saturated heterocycles. The van der Waals surface area contributed by atoms with Crippen LogP contribution in [0.1, 0.15) is 0 Å². The third kappa shape index (κ3) is 2.58. The molecule has 0 aliphatic heterocycles. The zero-order valence-corrected chi connectivity index (χ0v) is 7.40. The Balaban J connectivity index is 2.78. The molecule has 0 amide bonds. The highest BCUT2D eigenvalue weighted by Crippen LogP contribution is 2.21. The molecule has 0 bridgehead atoms. The first-order valence-corrected chi connectivity index (χ1v) is 4.50. The van der Waals surface area contributed by atoms with Gasteiger partial charge in [-0.2, -0.15) is 0 Å². The maximum absolute atomic E-state index is 12.7. The van der Waals surface area contributed by atoms with E-state index in [1.807, 2.05) is 0 Å². The topological polar surface area (TPSA) is 26.0 Å². The summed E-state index contributed by atoms with van der Waals surface area (Å²) in [5, 5.41) is 0. The molecule has 0 saturated carbocycles. The summed E-state index contributed by atoms with van der Waals surface area (Å²) in [6.45, 7) is 3.57. The maximum Gasteiger partial charge on any atom is 0.126 e. The van der Waals surface area contributed by atoms with Gasteiger partial charge in [0.2, 0.25) is 0 Å². The molecule has 1 rings (SSSR count). The third-order valence-electron chi connectivity index (χ3n) is 1.26. The van der Waals surface area contributed by atoms with E-state index < -0.39 is 0 Å². The zero-order valence-electron chi connectivity index (χ0n) is 6.59. The summed E-state index contributed by atoms with van der Waals surface area (Å²) in [7, 11) is 0. The Morgan fingerprint density at radius 2 is 2.25 bits per heavy atom. The lowest BCUT2D eigenvalue weighted by Gasteiger charge is -2.00. The molecule has 1 aromatic rings. The highest BCUT2D eigenvalue weighted by Gasteiger charge is 1.97. The lowest BCUT2D eigenvalue weighted by Crippen LogP contribution is -1.87. The van der Waals surface area contributed by atoms with Gasteiger partial charge in [-0.25, -0.2) is 4.39 Å². The van der Waals surface area contributed by atoms with Crippen LogP contribution >= 0.6 is 11.8 Å². The minimum Gasteiger partial charge on any atom is -0.399 e. The summed E-state index contributed by atoms with van der Waals surface area (Å²) >= 11 is 1.51. The molecule has 2 N–H and O–H groups in total. The Morgan fingerprint density at radius 3 is 2.83 bits per heavy atom. The first kappa shape index (κ1) is 9.13. The Hall–Kier alpha value is -0.960. The van der Waals surface area contributed by atoms with Crippen LogP contribution in [-0.4, -0.2) is 5.75 Å². The van der Waals surface area contributed by atoms with Crippen molar-refractivity contribution in [2.24, 2.45) is 0 Å². The fraction of sp³-hybridized carbons (Fsp3) is 0.111. The molecule has 0 aliphatic carbocycles. The molecule has 0 aromatic heterocycles. The van der Waals surface area contributed by atoms with Crippen LogP contribution in [0.15, 0.2) is 35.7 Å². The molecule has 0 unspecified atom stereocenters. The summed E-state index contributed by atoms with van der Waals surface area (Å²) in [6, 6.07) is 4.51. The largest absolute Gasteiger partial charge is 0.399 e. The number of hydrogen-bond donors (Lipinski definition) is 1. The molecule has 0 fully saturated rings. The minimum absolute atomic E-state index is 0.290. The van der Waals surface area contributed by atoms with Crippen LogP contribution in [0.5, 0.6) is 0 Å². The number of hydrogen-bond acceptors (Lipinski definition) is 2. The Kier molecular flexibility index (Phi) is 3.17. The van der Waals surface area contributed by atoms with Crippen LogP contribution in [0.25, 0.3) is 0 Å². The van der Waals surface area contributed by atoms with Crippen LogP contribution in [0.4, 0.5) is 10.1 Å². The zero-order chi connectivity index (χ0) is 8.97. The van der Waals surface area contributed by atoms with Gasteiger partial charge < -0.3 is 5.73 Å². The second kappa shape index (κ2) is 4.16. The van der Waals surface area contributed by atoms with Crippen molar-refractivity contribution in [2.75, 3.05) is 11.5 Å². The van der Waals surface area contributed by atoms with Crippen LogP contribution in [-0.2, 0) is 0 Å². The van der Waals surface area contributed by atoms with Crippen molar-refractivity contribution in [1.82, 2.24) is 0 Å². The van der Waals surface area contributed by atoms with Gasteiger partial charge in [-0.05, 0) is 18.2 Å². The van der Waals surface area contributed by atoms with Gasteiger partial charge in [0, 0.05) is 16.3 Å². The predicted octanol–water partition coefficient (Wildman–Crippen LogP) is 2.69. The third-order valence-corrected chi connectivity index (χ3v) is 2.23. The Bertz CT molecular complexity index is 266. The first-order valence-electron chi connectivity index (χ1n) is 3.52. The lowest BCUT2D eigenvalue weighted by atomic mass is 10.3. The first-order chi connectivity index (χ1) is 5.72. The molecule has 0 spiro atoms. The quantitative estimate of drug-likeness (QED) is 0.443. The van der Waals surface area contributed by atoms with Gasteiger partial charge in [-0.1, -0.05) is 6.08 Å². The fourth-order valence-electron chi connectivity index (χ4n) is 0.823.